The van der Waals surface area contributed by atoms with Crippen LogP contribution in [-0.2, 0) is 9.53 Å². The number of amides is 1. The van der Waals surface area contributed by atoms with Crippen molar-refractivity contribution in [2.75, 3.05) is 39.4 Å². The molecule has 1 aromatic rings. The summed E-state index contributed by atoms with van der Waals surface area (Å²) in [6, 6.07) is 9.74. The van der Waals surface area contributed by atoms with Gasteiger partial charge < -0.3 is 19.6 Å². The number of carbonyl (C=O) groups excluding carboxylic acids is 1. The molecule has 2 atom stereocenters. The van der Waals surface area contributed by atoms with Crippen molar-refractivity contribution in [2.45, 2.75) is 50.7 Å². The van der Waals surface area contributed by atoms with Crippen LogP contribution in [0.15, 0.2) is 30.3 Å². The van der Waals surface area contributed by atoms with E-state index < -0.39 is 0 Å². The molecule has 1 N–H and O–H groups in total. The second kappa shape index (κ2) is 10.0. The molecule has 5 nitrogen and oxygen atoms in total. The topological polar surface area (TPSA) is 53.0 Å². The van der Waals surface area contributed by atoms with Crippen LogP contribution in [0.2, 0.25) is 0 Å². The Hall–Kier alpha value is -1.43. The van der Waals surface area contributed by atoms with Gasteiger partial charge in [0.05, 0.1) is 19.3 Å². The van der Waals surface area contributed by atoms with Crippen LogP contribution in [0.1, 0.15) is 50.1 Å². The Labute approximate surface area is 156 Å². The Morgan fingerprint density at radius 1 is 1.08 bits per heavy atom. The Morgan fingerprint density at radius 2 is 1.81 bits per heavy atom. The minimum Gasteiger partial charge on any atom is -0.394 e. The molecule has 5 heteroatoms. The summed E-state index contributed by atoms with van der Waals surface area (Å²) in [5, 5.41) is 9.73. The van der Waals surface area contributed by atoms with Gasteiger partial charge in [0.25, 0.3) is 0 Å². The molecule has 2 heterocycles. The quantitative estimate of drug-likeness (QED) is 0.847. The van der Waals surface area contributed by atoms with E-state index in [1.807, 2.05) is 35.2 Å². The fourth-order valence-corrected chi connectivity index (χ4v) is 4.17. The highest BCUT2D eigenvalue weighted by Gasteiger charge is 2.35. The molecule has 0 bridgehead atoms. The molecule has 2 aliphatic heterocycles. The van der Waals surface area contributed by atoms with Gasteiger partial charge in [-0.2, -0.15) is 0 Å². The fraction of sp³-hybridized carbons (Fsp3) is 0.667. The number of nitrogens with zero attached hydrogens (tertiary/aromatic N) is 2. The normalized spacial score (nSPS) is 25.0. The molecule has 3 rings (SSSR count). The van der Waals surface area contributed by atoms with Gasteiger partial charge in [0, 0.05) is 13.0 Å². The highest BCUT2D eigenvalue weighted by molar-refractivity contribution is 5.77. The van der Waals surface area contributed by atoms with Gasteiger partial charge in [-0.25, -0.2) is 0 Å². The standard InChI is InChI=1S/C21H32N2O3/c24-17-19-21(18-9-4-3-5-10-18)23(15-16-26-19)20(25)11-8-14-22-12-6-1-2-7-13-22/h3-5,9-10,19,21,24H,1-2,6-8,11-17H2/t19-,21-/m1/s1. The Balaban J connectivity index is 1.58. The third-order valence-electron chi connectivity index (χ3n) is 5.56. The average Bonchev–Trinajstić information content (AvgIpc) is 2.97. The summed E-state index contributed by atoms with van der Waals surface area (Å²) in [7, 11) is 0. The molecule has 2 aliphatic rings. The van der Waals surface area contributed by atoms with Gasteiger partial charge in [-0.3, -0.25) is 4.79 Å². The number of carbonyl (C=O) groups is 1. The van der Waals surface area contributed by atoms with Crippen molar-refractivity contribution in [3.05, 3.63) is 35.9 Å². The van der Waals surface area contributed by atoms with E-state index in [1.165, 1.54) is 38.8 Å². The summed E-state index contributed by atoms with van der Waals surface area (Å²) >= 11 is 0. The maximum absolute atomic E-state index is 12.9. The summed E-state index contributed by atoms with van der Waals surface area (Å²) in [4.78, 5) is 17.3. The fourth-order valence-electron chi connectivity index (χ4n) is 4.17. The highest BCUT2D eigenvalue weighted by Crippen LogP contribution is 2.30. The number of rotatable bonds is 6. The number of likely N-dealkylation sites (tertiary alicyclic amines) is 1. The van der Waals surface area contributed by atoms with Crippen LogP contribution in [0.4, 0.5) is 0 Å². The number of morpholine rings is 1. The maximum Gasteiger partial charge on any atom is 0.223 e. The lowest BCUT2D eigenvalue weighted by molar-refractivity contribution is -0.150. The van der Waals surface area contributed by atoms with E-state index in [-0.39, 0.29) is 24.7 Å². The molecular weight excluding hydrogens is 328 g/mol. The second-order valence-corrected chi connectivity index (χ2v) is 7.39. The molecule has 2 saturated heterocycles. The molecule has 144 valence electrons. The monoisotopic (exact) mass is 360 g/mol. The third-order valence-corrected chi connectivity index (χ3v) is 5.56. The molecule has 0 unspecified atom stereocenters. The molecule has 1 aromatic carbocycles. The first-order valence-corrected chi connectivity index (χ1v) is 10.1. The van der Waals surface area contributed by atoms with Crippen molar-refractivity contribution in [1.29, 1.82) is 0 Å². The first kappa shape index (κ1) is 19.3. The second-order valence-electron chi connectivity index (χ2n) is 7.39. The molecule has 0 spiro atoms. The van der Waals surface area contributed by atoms with E-state index in [2.05, 4.69) is 4.90 Å². The van der Waals surface area contributed by atoms with Crippen LogP contribution in [0, 0.1) is 0 Å². The highest BCUT2D eigenvalue weighted by atomic mass is 16.5. The van der Waals surface area contributed by atoms with Gasteiger partial charge in [0.1, 0.15) is 6.10 Å². The molecule has 26 heavy (non-hydrogen) atoms. The maximum atomic E-state index is 12.9. The lowest BCUT2D eigenvalue weighted by Crippen LogP contribution is -2.49. The van der Waals surface area contributed by atoms with Crippen molar-refractivity contribution < 1.29 is 14.6 Å². The van der Waals surface area contributed by atoms with E-state index in [0.717, 1.165) is 18.5 Å². The van der Waals surface area contributed by atoms with E-state index >= 15 is 0 Å². The summed E-state index contributed by atoms with van der Waals surface area (Å²) in [6.07, 6.45) is 6.37. The van der Waals surface area contributed by atoms with Crippen LogP contribution in [-0.4, -0.2) is 66.3 Å². The van der Waals surface area contributed by atoms with Gasteiger partial charge in [0.2, 0.25) is 5.91 Å². The van der Waals surface area contributed by atoms with Crippen molar-refractivity contribution in [1.82, 2.24) is 9.80 Å². The number of hydrogen-bond acceptors (Lipinski definition) is 4. The number of benzene rings is 1. The van der Waals surface area contributed by atoms with Gasteiger partial charge in [-0.1, -0.05) is 43.2 Å². The zero-order valence-electron chi connectivity index (χ0n) is 15.7. The van der Waals surface area contributed by atoms with E-state index in [1.54, 1.807) is 0 Å². The third kappa shape index (κ3) is 5.06. The van der Waals surface area contributed by atoms with E-state index in [0.29, 0.717) is 19.6 Å². The molecule has 0 aliphatic carbocycles. The summed E-state index contributed by atoms with van der Waals surface area (Å²) in [5.74, 6) is 0.176. The van der Waals surface area contributed by atoms with Crippen LogP contribution < -0.4 is 0 Å². The average molecular weight is 360 g/mol. The summed E-state index contributed by atoms with van der Waals surface area (Å²) < 4.78 is 5.74. The first-order valence-electron chi connectivity index (χ1n) is 10.1. The molecular formula is C21H32N2O3. The van der Waals surface area contributed by atoms with Crippen molar-refractivity contribution in [2.24, 2.45) is 0 Å². The number of hydrogen-bond donors (Lipinski definition) is 1. The first-order chi connectivity index (χ1) is 12.8. The number of aliphatic hydroxyl groups is 1. The van der Waals surface area contributed by atoms with Crippen LogP contribution >= 0.6 is 0 Å². The largest absolute Gasteiger partial charge is 0.394 e. The number of aliphatic hydroxyl groups excluding tert-OH is 1. The summed E-state index contributed by atoms with van der Waals surface area (Å²) in [6.45, 7) is 4.37. The van der Waals surface area contributed by atoms with Crippen molar-refractivity contribution in [3.63, 3.8) is 0 Å². The zero-order chi connectivity index (χ0) is 18.2. The molecule has 1 amide bonds. The van der Waals surface area contributed by atoms with Crippen LogP contribution in [0.3, 0.4) is 0 Å². The van der Waals surface area contributed by atoms with Crippen LogP contribution in [0.25, 0.3) is 0 Å². The zero-order valence-corrected chi connectivity index (χ0v) is 15.7. The van der Waals surface area contributed by atoms with Gasteiger partial charge in [-0.15, -0.1) is 0 Å². The predicted octanol–water partition coefficient (Wildman–Crippen LogP) is 2.60. The SMILES string of the molecule is O=C(CCCN1CCCCCC1)N1CCO[C@H](CO)[C@H]1c1ccccc1. The minimum atomic E-state index is -0.347. The van der Waals surface area contributed by atoms with Crippen molar-refractivity contribution in [3.8, 4) is 0 Å². The van der Waals surface area contributed by atoms with Gasteiger partial charge in [-0.05, 0) is 44.5 Å². The molecule has 0 aromatic heterocycles. The molecule has 2 fully saturated rings. The minimum absolute atomic E-state index is 0.0723. The number of ether oxygens (including phenoxy) is 1. The Morgan fingerprint density at radius 3 is 2.50 bits per heavy atom. The summed E-state index contributed by atoms with van der Waals surface area (Å²) in [5.41, 5.74) is 1.03. The molecule has 0 radical (unpaired) electrons. The Kier molecular flexibility index (Phi) is 7.47. The van der Waals surface area contributed by atoms with Crippen LogP contribution in [0.5, 0.6) is 0 Å². The molecule has 0 saturated carbocycles. The lowest BCUT2D eigenvalue weighted by Gasteiger charge is -2.41. The Bertz CT molecular complexity index is 543. The smallest absolute Gasteiger partial charge is 0.223 e. The van der Waals surface area contributed by atoms with E-state index in [4.69, 9.17) is 4.74 Å². The van der Waals surface area contributed by atoms with E-state index in [9.17, 15) is 9.90 Å². The predicted molar refractivity (Wildman–Crippen MR) is 102 cm³/mol. The lowest BCUT2D eigenvalue weighted by atomic mass is 9.98. The van der Waals surface area contributed by atoms with Gasteiger partial charge >= 0.3 is 0 Å². The van der Waals surface area contributed by atoms with Gasteiger partial charge in [0.15, 0.2) is 0 Å². The van der Waals surface area contributed by atoms with Crippen molar-refractivity contribution >= 4 is 5.91 Å².